The van der Waals surface area contributed by atoms with E-state index in [0.29, 0.717) is 18.8 Å². The topological polar surface area (TPSA) is 96.3 Å². The van der Waals surface area contributed by atoms with E-state index in [4.69, 9.17) is 0 Å². The Kier molecular flexibility index (Phi) is 7.92. The predicted molar refractivity (Wildman–Crippen MR) is 68.4 cm³/mol. The fourth-order valence-electron chi connectivity index (χ4n) is 1.76. The van der Waals surface area contributed by atoms with Crippen LogP contribution in [0.25, 0.3) is 0 Å². The summed E-state index contributed by atoms with van der Waals surface area (Å²) >= 11 is 0. The van der Waals surface area contributed by atoms with Crippen molar-refractivity contribution in [2.24, 2.45) is 0 Å². The Morgan fingerprint density at radius 1 is 1.35 bits per heavy atom. The van der Waals surface area contributed by atoms with Gasteiger partial charge in [0.15, 0.2) is 0 Å². The molecule has 0 unspecified atom stereocenters. The number of nitrogens with zero attached hydrogens (tertiary/aromatic N) is 2. The molecular weight excluding hydrogens is 269 g/mol. The first-order valence-electron chi connectivity index (χ1n) is 5.85. The number of hydrogen-bond donors (Lipinski definition) is 1. The molecule has 6 nitrogen and oxygen atoms in total. The van der Waals surface area contributed by atoms with Crippen LogP contribution in [0.1, 0.15) is 19.4 Å². The van der Waals surface area contributed by atoms with Crippen molar-refractivity contribution in [3.05, 3.63) is 23.8 Å². The minimum atomic E-state index is -1.84. The largest absolute Gasteiger partial charge is 1.00 e. The molecular formula is C13H14N3NaO3. The number of nitrogens with one attached hydrogen (secondary N) is 1. The molecule has 1 amide bonds. The first kappa shape index (κ1) is 18.4. The van der Waals surface area contributed by atoms with E-state index < -0.39 is 11.9 Å². The van der Waals surface area contributed by atoms with Crippen LogP contribution in [-0.4, -0.2) is 25.0 Å². The monoisotopic (exact) mass is 283 g/mol. The fraction of sp³-hybridized carbons (Fsp3) is 0.308. The molecule has 0 spiro atoms. The second-order valence-corrected chi connectivity index (χ2v) is 3.73. The number of aliphatic carboxylic acids is 1. The summed E-state index contributed by atoms with van der Waals surface area (Å²) in [5.41, 5.74) is 1.06. The van der Waals surface area contributed by atoms with E-state index in [1.54, 1.807) is 12.1 Å². The number of carboxylic acid groups (broad SMARTS) is 1. The number of carbonyl (C=O) groups is 2. The van der Waals surface area contributed by atoms with Crippen LogP contribution in [0.5, 0.6) is 0 Å². The molecule has 0 fully saturated rings. The molecule has 0 aliphatic rings. The SMILES string of the molecule is CCN(CC)c1cccc(NC(=O)C(=O)[O-])c1C#N.[Na+]. The first-order chi connectivity index (χ1) is 9.04. The third-order valence-electron chi connectivity index (χ3n) is 2.69. The van der Waals surface area contributed by atoms with Gasteiger partial charge in [-0.3, -0.25) is 4.79 Å². The van der Waals surface area contributed by atoms with Gasteiger partial charge in [0, 0.05) is 13.1 Å². The molecule has 0 radical (unpaired) electrons. The van der Waals surface area contributed by atoms with Gasteiger partial charge in [-0.05, 0) is 26.0 Å². The molecule has 0 bridgehead atoms. The maximum Gasteiger partial charge on any atom is 1.00 e. The molecule has 0 aromatic heterocycles. The number of benzene rings is 1. The van der Waals surface area contributed by atoms with Gasteiger partial charge in [0.1, 0.15) is 12.0 Å². The smallest absolute Gasteiger partial charge is 0.540 e. The second kappa shape index (κ2) is 8.59. The second-order valence-electron chi connectivity index (χ2n) is 3.73. The number of anilines is 2. The fourth-order valence-corrected chi connectivity index (χ4v) is 1.76. The maximum absolute atomic E-state index is 11.1. The number of carboxylic acids is 1. The minimum Gasteiger partial charge on any atom is -0.540 e. The number of rotatable bonds is 4. The Hall–Kier alpha value is -1.55. The number of carbonyl (C=O) groups excluding carboxylic acids is 2. The van der Waals surface area contributed by atoms with Crippen molar-refractivity contribution in [3.63, 3.8) is 0 Å². The number of amides is 1. The van der Waals surface area contributed by atoms with Crippen LogP contribution in [-0.2, 0) is 9.59 Å². The Morgan fingerprint density at radius 3 is 2.40 bits per heavy atom. The van der Waals surface area contributed by atoms with Gasteiger partial charge in [0.05, 0.1) is 16.9 Å². The van der Waals surface area contributed by atoms with Crippen LogP contribution in [0.15, 0.2) is 18.2 Å². The summed E-state index contributed by atoms with van der Waals surface area (Å²) in [4.78, 5) is 23.5. The molecule has 1 rings (SSSR count). The summed E-state index contributed by atoms with van der Waals surface area (Å²) in [5, 5.41) is 21.8. The molecule has 0 saturated heterocycles. The Balaban J connectivity index is 0.00000361. The minimum absolute atomic E-state index is 0. The van der Waals surface area contributed by atoms with Crippen molar-refractivity contribution < 1.29 is 44.3 Å². The van der Waals surface area contributed by atoms with Crippen LogP contribution < -0.4 is 44.9 Å². The molecule has 0 aliphatic heterocycles. The van der Waals surface area contributed by atoms with Crippen LogP contribution in [0.4, 0.5) is 11.4 Å². The van der Waals surface area contributed by atoms with E-state index in [1.165, 1.54) is 6.07 Å². The van der Waals surface area contributed by atoms with E-state index in [1.807, 2.05) is 24.8 Å². The number of nitriles is 1. The maximum atomic E-state index is 11.1. The quantitative estimate of drug-likeness (QED) is 0.472. The van der Waals surface area contributed by atoms with Gasteiger partial charge in [-0.15, -0.1) is 0 Å². The summed E-state index contributed by atoms with van der Waals surface area (Å²) < 4.78 is 0. The molecule has 0 atom stereocenters. The van der Waals surface area contributed by atoms with Gasteiger partial charge < -0.3 is 20.1 Å². The molecule has 0 heterocycles. The average molecular weight is 283 g/mol. The Morgan fingerprint density at radius 2 is 1.95 bits per heavy atom. The van der Waals surface area contributed by atoms with Crippen molar-refractivity contribution in [1.29, 1.82) is 5.26 Å². The summed E-state index contributed by atoms with van der Waals surface area (Å²) in [6.45, 7) is 5.28. The van der Waals surface area contributed by atoms with Crippen LogP contribution in [0.3, 0.4) is 0 Å². The third kappa shape index (κ3) is 4.23. The third-order valence-corrected chi connectivity index (χ3v) is 2.69. The zero-order valence-corrected chi connectivity index (χ0v) is 13.8. The van der Waals surface area contributed by atoms with Crippen molar-refractivity contribution in [3.8, 4) is 6.07 Å². The van der Waals surface area contributed by atoms with E-state index in [0.717, 1.165) is 0 Å². The summed E-state index contributed by atoms with van der Waals surface area (Å²) in [6, 6.07) is 6.87. The molecule has 1 aromatic carbocycles. The molecule has 20 heavy (non-hydrogen) atoms. The predicted octanol–water partition coefficient (Wildman–Crippen LogP) is -2.90. The van der Waals surface area contributed by atoms with E-state index >= 15 is 0 Å². The standard InChI is InChI=1S/C13H15N3O3.Na/c1-3-16(4-2)11-7-5-6-10(9(11)8-14)15-12(17)13(18)19;/h5-7H,3-4H2,1-2H3,(H,15,17)(H,18,19);/q;+1/p-1. The van der Waals surface area contributed by atoms with Crippen LogP contribution >= 0.6 is 0 Å². The molecule has 7 heteroatoms. The van der Waals surface area contributed by atoms with E-state index in [-0.39, 0.29) is 40.8 Å². The normalized spacial score (nSPS) is 9.05. The van der Waals surface area contributed by atoms with Gasteiger partial charge in [-0.2, -0.15) is 5.26 Å². The zero-order valence-electron chi connectivity index (χ0n) is 11.8. The summed E-state index contributed by atoms with van der Waals surface area (Å²) in [5.74, 6) is -3.11. The summed E-state index contributed by atoms with van der Waals surface area (Å²) in [7, 11) is 0. The van der Waals surface area contributed by atoms with Crippen LogP contribution in [0, 0.1) is 11.3 Å². The van der Waals surface area contributed by atoms with Crippen molar-refractivity contribution >= 4 is 23.3 Å². The Labute approximate surface area is 139 Å². The first-order valence-corrected chi connectivity index (χ1v) is 5.85. The Bertz CT molecular complexity index is 536. The van der Waals surface area contributed by atoms with Gasteiger partial charge >= 0.3 is 29.6 Å². The zero-order chi connectivity index (χ0) is 14.4. The van der Waals surface area contributed by atoms with Crippen molar-refractivity contribution in [1.82, 2.24) is 0 Å². The van der Waals surface area contributed by atoms with Crippen molar-refractivity contribution in [2.45, 2.75) is 13.8 Å². The molecule has 100 valence electrons. The van der Waals surface area contributed by atoms with E-state index in [9.17, 15) is 20.0 Å². The van der Waals surface area contributed by atoms with Gasteiger partial charge in [0.2, 0.25) is 0 Å². The summed E-state index contributed by atoms with van der Waals surface area (Å²) in [6.07, 6.45) is 0. The number of hydrogen-bond acceptors (Lipinski definition) is 5. The average Bonchev–Trinajstić information content (AvgIpc) is 2.40. The van der Waals surface area contributed by atoms with Gasteiger partial charge in [-0.25, -0.2) is 0 Å². The molecule has 0 aliphatic carbocycles. The molecule has 0 saturated carbocycles. The van der Waals surface area contributed by atoms with Gasteiger partial charge in [0.25, 0.3) is 5.91 Å². The van der Waals surface area contributed by atoms with Crippen molar-refractivity contribution in [2.75, 3.05) is 23.3 Å². The molecule has 1 aromatic rings. The van der Waals surface area contributed by atoms with Gasteiger partial charge in [-0.1, -0.05) is 6.07 Å². The van der Waals surface area contributed by atoms with E-state index in [2.05, 4.69) is 5.32 Å². The van der Waals surface area contributed by atoms with Crippen LogP contribution in [0.2, 0.25) is 0 Å². The molecule has 1 N–H and O–H groups in total.